The molecule has 8 heteroatoms. The molecule has 2 saturated heterocycles. The Labute approximate surface area is 202 Å². The van der Waals surface area contributed by atoms with Gasteiger partial charge in [0.1, 0.15) is 6.10 Å². The number of hydrogen-bond donors (Lipinski definition) is 1. The highest BCUT2D eigenvalue weighted by atomic mass is 127. The third-order valence-electron chi connectivity index (χ3n) is 6.15. The van der Waals surface area contributed by atoms with Gasteiger partial charge in [-0.2, -0.15) is 5.10 Å². The second-order valence-electron chi connectivity index (χ2n) is 8.29. The predicted molar refractivity (Wildman–Crippen MR) is 135 cm³/mol. The van der Waals surface area contributed by atoms with E-state index in [1.165, 1.54) is 31.4 Å². The number of aryl methyl sites for hydroxylation is 1. The largest absolute Gasteiger partial charge is 0.370 e. The fourth-order valence-corrected chi connectivity index (χ4v) is 4.51. The molecule has 1 aromatic carbocycles. The van der Waals surface area contributed by atoms with Gasteiger partial charge in [-0.1, -0.05) is 36.8 Å². The summed E-state index contributed by atoms with van der Waals surface area (Å²) in [6.45, 7) is 5.46. The summed E-state index contributed by atoms with van der Waals surface area (Å²) in [5.41, 5.74) is 2.51. The summed E-state index contributed by atoms with van der Waals surface area (Å²) in [5, 5.41) is 7.95. The van der Waals surface area contributed by atoms with Gasteiger partial charge in [0.2, 0.25) is 0 Å². The Bertz CT molecular complexity index is 826. The molecule has 0 aliphatic carbocycles. The standard InChI is InChI=1S/C23H34N6O.HI/c1-24-23(29-12-13-30-22(18-29)20-14-26-27(2)17-20)25-15-21-10-6-7-11-28(21)16-19-8-4-3-5-9-19;/h3-5,8-9,14,17,21-22H,6-7,10-13,15-16,18H2,1-2H3,(H,24,25);1H. The fourth-order valence-electron chi connectivity index (χ4n) is 4.51. The maximum absolute atomic E-state index is 5.99. The third kappa shape index (κ3) is 6.43. The highest BCUT2D eigenvalue weighted by Gasteiger charge is 2.27. The summed E-state index contributed by atoms with van der Waals surface area (Å²) >= 11 is 0. The van der Waals surface area contributed by atoms with Gasteiger partial charge in [0.15, 0.2) is 5.96 Å². The molecule has 2 aliphatic heterocycles. The van der Waals surface area contributed by atoms with E-state index in [9.17, 15) is 0 Å². The van der Waals surface area contributed by atoms with Crippen LogP contribution < -0.4 is 5.32 Å². The smallest absolute Gasteiger partial charge is 0.193 e. The Kier molecular flexibility index (Phi) is 9.15. The number of morpholine rings is 1. The van der Waals surface area contributed by atoms with Crippen LogP contribution in [0.15, 0.2) is 47.7 Å². The van der Waals surface area contributed by atoms with Gasteiger partial charge in [-0.25, -0.2) is 0 Å². The van der Waals surface area contributed by atoms with Crippen LogP contribution >= 0.6 is 24.0 Å². The Morgan fingerprint density at radius 2 is 2.06 bits per heavy atom. The van der Waals surface area contributed by atoms with Crippen LogP contribution in [-0.4, -0.2) is 71.4 Å². The molecule has 2 atom stereocenters. The van der Waals surface area contributed by atoms with Crippen LogP contribution in [0.2, 0.25) is 0 Å². The monoisotopic (exact) mass is 538 g/mol. The number of benzene rings is 1. The molecule has 2 aromatic rings. The SMILES string of the molecule is CN=C(NCC1CCCCN1Cc1ccccc1)N1CCOC(c2cnn(C)c2)C1.I. The van der Waals surface area contributed by atoms with E-state index in [0.717, 1.165) is 37.7 Å². The van der Waals surface area contributed by atoms with E-state index in [4.69, 9.17) is 4.74 Å². The molecule has 1 aromatic heterocycles. The second kappa shape index (κ2) is 11.8. The minimum atomic E-state index is 0. The number of nitrogens with zero attached hydrogens (tertiary/aromatic N) is 5. The van der Waals surface area contributed by atoms with Crippen molar-refractivity contribution in [2.24, 2.45) is 12.0 Å². The predicted octanol–water partition coefficient (Wildman–Crippen LogP) is 3.04. The lowest BCUT2D eigenvalue weighted by atomic mass is 10.0. The zero-order valence-electron chi connectivity index (χ0n) is 18.6. The van der Waals surface area contributed by atoms with Gasteiger partial charge >= 0.3 is 0 Å². The number of likely N-dealkylation sites (tertiary alicyclic amines) is 1. The maximum atomic E-state index is 5.99. The molecule has 0 bridgehead atoms. The highest BCUT2D eigenvalue weighted by Crippen LogP contribution is 2.22. The molecule has 2 aliphatic rings. The molecule has 0 spiro atoms. The van der Waals surface area contributed by atoms with Crippen LogP contribution in [0, 0.1) is 0 Å². The quantitative estimate of drug-likeness (QED) is 0.361. The molecule has 2 fully saturated rings. The summed E-state index contributed by atoms with van der Waals surface area (Å²) in [4.78, 5) is 9.51. The number of piperidine rings is 1. The van der Waals surface area contributed by atoms with Crippen LogP contribution in [0.5, 0.6) is 0 Å². The average molecular weight is 538 g/mol. The summed E-state index contributed by atoms with van der Waals surface area (Å²) in [5.74, 6) is 0.970. The fraction of sp³-hybridized carbons (Fsp3) is 0.565. The molecule has 4 rings (SSSR count). The van der Waals surface area contributed by atoms with Gasteiger partial charge in [-0.3, -0.25) is 14.6 Å². The molecule has 0 amide bonds. The number of aliphatic imine (C=N–C) groups is 1. The van der Waals surface area contributed by atoms with Crippen molar-refractivity contribution in [2.75, 3.05) is 39.8 Å². The lowest BCUT2D eigenvalue weighted by Gasteiger charge is -2.38. The molecule has 170 valence electrons. The van der Waals surface area contributed by atoms with E-state index in [1.807, 2.05) is 31.2 Å². The number of nitrogens with one attached hydrogen (secondary N) is 1. The van der Waals surface area contributed by atoms with Gasteiger partial charge in [0.05, 0.1) is 19.3 Å². The van der Waals surface area contributed by atoms with Crippen LogP contribution in [0.3, 0.4) is 0 Å². The maximum Gasteiger partial charge on any atom is 0.193 e. The molecule has 1 N–H and O–H groups in total. The highest BCUT2D eigenvalue weighted by molar-refractivity contribution is 14.0. The molecule has 31 heavy (non-hydrogen) atoms. The molecular weight excluding hydrogens is 503 g/mol. The van der Waals surface area contributed by atoms with Crippen LogP contribution in [-0.2, 0) is 18.3 Å². The van der Waals surface area contributed by atoms with Crippen LogP contribution in [0.25, 0.3) is 0 Å². The number of aromatic nitrogens is 2. The number of halogens is 1. The zero-order valence-corrected chi connectivity index (χ0v) is 20.9. The molecule has 0 radical (unpaired) electrons. The van der Waals surface area contributed by atoms with Crippen molar-refractivity contribution in [1.29, 1.82) is 0 Å². The summed E-state index contributed by atoms with van der Waals surface area (Å²) in [6, 6.07) is 11.3. The lowest BCUT2D eigenvalue weighted by Crippen LogP contribution is -2.52. The summed E-state index contributed by atoms with van der Waals surface area (Å²) in [6.07, 6.45) is 7.79. The minimum absolute atomic E-state index is 0. The van der Waals surface area contributed by atoms with Crippen molar-refractivity contribution < 1.29 is 4.74 Å². The normalized spacial score (nSPS) is 22.8. The number of guanidine groups is 1. The average Bonchev–Trinajstić information content (AvgIpc) is 3.23. The molecule has 0 saturated carbocycles. The first-order valence-corrected chi connectivity index (χ1v) is 11.1. The molecule has 2 unspecified atom stereocenters. The van der Waals surface area contributed by atoms with Gasteiger partial charge < -0.3 is 15.0 Å². The first-order valence-electron chi connectivity index (χ1n) is 11.1. The van der Waals surface area contributed by atoms with E-state index < -0.39 is 0 Å². The Morgan fingerprint density at radius 3 is 2.81 bits per heavy atom. The number of ether oxygens (including phenoxy) is 1. The van der Waals surface area contributed by atoms with Gasteiger partial charge in [-0.05, 0) is 24.9 Å². The summed E-state index contributed by atoms with van der Waals surface area (Å²) in [7, 11) is 3.81. The van der Waals surface area contributed by atoms with E-state index in [-0.39, 0.29) is 30.1 Å². The van der Waals surface area contributed by atoms with Crippen molar-refractivity contribution >= 4 is 29.9 Å². The van der Waals surface area contributed by atoms with Crippen LogP contribution in [0.1, 0.15) is 36.5 Å². The van der Waals surface area contributed by atoms with Crippen molar-refractivity contribution in [2.45, 2.75) is 38.0 Å². The lowest BCUT2D eigenvalue weighted by molar-refractivity contribution is -0.00820. The molecule has 7 nitrogen and oxygen atoms in total. The van der Waals surface area contributed by atoms with E-state index in [2.05, 4.69) is 55.5 Å². The first-order chi connectivity index (χ1) is 14.7. The second-order valence-corrected chi connectivity index (χ2v) is 8.29. The van der Waals surface area contributed by atoms with Gasteiger partial charge in [-0.15, -0.1) is 24.0 Å². The van der Waals surface area contributed by atoms with Gasteiger partial charge in [0, 0.05) is 51.5 Å². The number of rotatable bonds is 5. The van der Waals surface area contributed by atoms with Crippen molar-refractivity contribution in [1.82, 2.24) is 24.9 Å². The first kappa shape index (κ1) is 24.0. The Morgan fingerprint density at radius 1 is 1.23 bits per heavy atom. The van der Waals surface area contributed by atoms with Crippen molar-refractivity contribution in [3.05, 3.63) is 53.9 Å². The molecular formula is C23H35IN6O. The van der Waals surface area contributed by atoms with Crippen molar-refractivity contribution in [3.63, 3.8) is 0 Å². The van der Waals surface area contributed by atoms with Crippen molar-refractivity contribution in [3.8, 4) is 0 Å². The summed E-state index contributed by atoms with van der Waals surface area (Å²) < 4.78 is 7.82. The van der Waals surface area contributed by atoms with E-state index >= 15 is 0 Å². The topological polar surface area (TPSA) is 57.9 Å². The Balaban J connectivity index is 0.00000272. The zero-order chi connectivity index (χ0) is 20.8. The Hall–Kier alpha value is -1.65. The molecule has 3 heterocycles. The van der Waals surface area contributed by atoms with Gasteiger partial charge in [0.25, 0.3) is 0 Å². The van der Waals surface area contributed by atoms with E-state index in [0.29, 0.717) is 12.6 Å². The minimum Gasteiger partial charge on any atom is -0.370 e. The van der Waals surface area contributed by atoms with E-state index in [1.54, 1.807) is 0 Å². The van der Waals surface area contributed by atoms with Crippen LogP contribution in [0.4, 0.5) is 0 Å². The third-order valence-corrected chi connectivity index (χ3v) is 6.15. The number of hydrogen-bond acceptors (Lipinski definition) is 4.